The van der Waals surface area contributed by atoms with E-state index in [2.05, 4.69) is 31.2 Å². The molecule has 98 valence electrons. The average Bonchev–Trinajstić information content (AvgIpc) is 2.41. The van der Waals surface area contributed by atoms with Crippen LogP contribution in [-0.4, -0.2) is 11.5 Å². The van der Waals surface area contributed by atoms with Crippen LogP contribution in [0.5, 0.6) is 5.75 Å². The Labute approximate surface area is 111 Å². The molecule has 0 aliphatic heterocycles. The summed E-state index contributed by atoms with van der Waals surface area (Å²) in [6.07, 6.45) is 0.817. The number of ether oxygens (including phenoxy) is 1. The molecule has 0 fully saturated rings. The number of nitro benzene ring substituents is 1. The third-order valence-electron chi connectivity index (χ3n) is 2.83. The molecule has 0 saturated heterocycles. The molecule has 4 heteroatoms. The van der Waals surface area contributed by atoms with Gasteiger partial charge in [0.25, 0.3) is 5.69 Å². The van der Waals surface area contributed by atoms with E-state index in [4.69, 9.17) is 4.74 Å². The molecular formula is C15H15NO3. The van der Waals surface area contributed by atoms with Crippen molar-refractivity contribution in [1.82, 2.24) is 0 Å². The Morgan fingerprint density at radius 2 is 1.68 bits per heavy atom. The lowest BCUT2D eigenvalue weighted by molar-refractivity contribution is -0.384. The van der Waals surface area contributed by atoms with E-state index in [1.54, 1.807) is 12.1 Å². The van der Waals surface area contributed by atoms with Crippen LogP contribution in [0.3, 0.4) is 0 Å². The zero-order chi connectivity index (χ0) is 13.7. The Hall–Kier alpha value is -2.36. The fraction of sp³-hybridized carbons (Fsp3) is 0.200. The summed E-state index contributed by atoms with van der Waals surface area (Å²) in [5, 5.41) is 10.5. The van der Waals surface area contributed by atoms with Crippen molar-refractivity contribution >= 4 is 5.69 Å². The largest absolute Gasteiger partial charge is 0.493 e. The van der Waals surface area contributed by atoms with E-state index >= 15 is 0 Å². The summed E-state index contributed by atoms with van der Waals surface area (Å²) in [7, 11) is 0. The molecule has 0 amide bonds. The van der Waals surface area contributed by atoms with Crippen LogP contribution in [0.15, 0.2) is 48.5 Å². The van der Waals surface area contributed by atoms with Gasteiger partial charge < -0.3 is 4.74 Å². The first kappa shape index (κ1) is 13.1. The minimum Gasteiger partial charge on any atom is -0.493 e. The highest BCUT2D eigenvalue weighted by atomic mass is 16.6. The second-order valence-electron chi connectivity index (χ2n) is 4.34. The van der Waals surface area contributed by atoms with Crippen molar-refractivity contribution in [1.29, 1.82) is 0 Å². The zero-order valence-corrected chi connectivity index (χ0v) is 10.7. The molecule has 2 aromatic rings. The average molecular weight is 257 g/mol. The number of hydrogen-bond acceptors (Lipinski definition) is 3. The van der Waals surface area contributed by atoms with E-state index in [1.807, 2.05) is 0 Å². The highest BCUT2D eigenvalue weighted by Gasteiger charge is 2.04. The molecule has 0 aliphatic carbocycles. The van der Waals surface area contributed by atoms with Gasteiger partial charge in [-0.3, -0.25) is 10.1 Å². The van der Waals surface area contributed by atoms with E-state index in [1.165, 1.54) is 23.3 Å². The maximum atomic E-state index is 10.5. The Bertz CT molecular complexity index is 547. The lowest BCUT2D eigenvalue weighted by atomic mass is 10.1. The molecule has 0 atom stereocenters. The molecule has 0 aromatic heterocycles. The molecule has 0 N–H and O–H groups in total. The second kappa shape index (κ2) is 6.00. The SMILES string of the molecule is Cc1ccc(CCOc2ccc([N+](=O)[O-])cc2)cc1. The van der Waals surface area contributed by atoms with Gasteiger partial charge in [0.05, 0.1) is 11.5 Å². The van der Waals surface area contributed by atoms with Crippen LogP contribution < -0.4 is 4.74 Å². The molecule has 2 aromatic carbocycles. The molecule has 0 heterocycles. The van der Waals surface area contributed by atoms with Gasteiger partial charge in [0, 0.05) is 18.6 Å². The monoisotopic (exact) mass is 257 g/mol. The first-order valence-electron chi connectivity index (χ1n) is 6.08. The normalized spacial score (nSPS) is 10.2. The Kier molecular flexibility index (Phi) is 4.13. The molecule has 0 unspecified atom stereocenters. The minimum atomic E-state index is -0.421. The first-order chi connectivity index (χ1) is 9.15. The van der Waals surface area contributed by atoms with Crippen molar-refractivity contribution < 1.29 is 9.66 Å². The van der Waals surface area contributed by atoms with Crippen LogP contribution in [0, 0.1) is 17.0 Å². The molecule has 4 nitrogen and oxygen atoms in total. The Balaban J connectivity index is 1.85. The predicted octanol–water partition coefficient (Wildman–Crippen LogP) is 3.52. The van der Waals surface area contributed by atoms with Gasteiger partial charge in [0.15, 0.2) is 0 Å². The van der Waals surface area contributed by atoms with Gasteiger partial charge in [-0.1, -0.05) is 29.8 Å². The van der Waals surface area contributed by atoms with Crippen molar-refractivity contribution in [3.05, 3.63) is 69.8 Å². The highest BCUT2D eigenvalue weighted by Crippen LogP contribution is 2.17. The van der Waals surface area contributed by atoms with Crippen molar-refractivity contribution in [2.75, 3.05) is 6.61 Å². The summed E-state index contributed by atoms with van der Waals surface area (Å²) in [5.41, 5.74) is 2.53. The predicted molar refractivity (Wildman–Crippen MR) is 73.5 cm³/mol. The number of non-ortho nitro benzene ring substituents is 1. The number of aryl methyl sites for hydroxylation is 1. The maximum Gasteiger partial charge on any atom is 0.269 e. The summed E-state index contributed by atoms with van der Waals surface area (Å²) in [4.78, 5) is 10.1. The fourth-order valence-corrected chi connectivity index (χ4v) is 1.71. The van der Waals surface area contributed by atoms with Crippen LogP contribution in [-0.2, 0) is 6.42 Å². The van der Waals surface area contributed by atoms with Gasteiger partial charge in [0.1, 0.15) is 5.75 Å². The zero-order valence-electron chi connectivity index (χ0n) is 10.7. The highest BCUT2D eigenvalue weighted by molar-refractivity contribution is 5.36. The standard InChI is InChI=1S/C15H15NO3/c1-12-2-4-13(5-3-12)10-11-19-15-8-6-14(7-9-15)16(17)18/h2-9H,10-11H2,1H3. The molecule has 2 rings (SSSR count). The van der Waals surface area contributed by atoms with Crippen molar-refractivity contribution in [2.24, 2.45) is 0 Å². The van der Waals surface area contributed by atoms with E-state index in [-0.39, 0.29) is 5.69 Å². The number of hydrogen-bond donors (Lipinski definition) is 0. The lowest BCUT2D eigenvalue weighted by Crippen LogP contribution is -2.01. The minimum absolute atomic E-state index is 0.0749. The summed E-state index contributed by atoms with van der Waals surface area (Å²) in [6.45, 7) is 2.61. The lowest BCUT2D eigenvalue weighted by Gasteiger charge is -2.06. The fourth-order valence-electron chi connectivity index (χ4n) is 1.71. The molecule has 0 radical (unpaired) electrons. The van der Waals surface area contributed by atoms with Crippen LogP contribution >= 0.6 is 0 Å². The van der Waals surface area contributed by atoms with Crippen LogP contribution in [0.4, 0.5) is 5.69 Å². The Morgan fingerprint density at radius 1 is 1.05 bits per heavy atom. The van der Waals surface area contributed by atoms with Crippen molar-refractivity contribution in [2.45, 2.75) is 13.3 Å². The summed E-state index contributed by atoms with van der Waals surface area (Å²) in [6, 6.07) is 14.4. The van der Waals surface area contributed by atoms with Crippen LogP contribution in [0.1, 0.15) is 11.1 Å². The van der Waals surface area contributed by atoms with E-state index < -0.39 is 4.92 Å². The van der Waals surface area contributed by atoms with Crippen LogP contribution in [0.2, 0.25) is 0 Å². The van der Waals surface area contributed by atoms with E-state index in [9.17, 15) is 10.1 Å². The summed E-state index contributed by atoms with van der Waals surface area (Å²) in [5.74, 6) is 0.651. The first-order valence-corrected chi connectivity index (χ1v) is 6.08. The van der Waals surface area contributed by atoms with Gasteiger partial charge in [0.2, 0.25) is 0 Å². The molecule has 0 saturated carbocycles. The van der Waals surface area contributed by atoms with Gasteiger partial charge >= 0.3 is 0 Å². The maximum absolute atomic E-state index is 10.5. The molecular weight excluding hydrogens is 242 g/mol. The number of nitro groups is 1. The number of benzene rings is 2. The quantitative estimate of drug-likeness (QED) is 0.608. The molecule has 0 spiro atoms. The third kappa shape index (κ3) is 3.81. The van der Waals surface area contributed by atoms with Crippen molar-refractivity contribution in [3.63, 3.8) is 0 Å². The summed E-state index contributed by atoms with van der Waals surface area (Å²) < 4.78 is 5.55. The molecule has 0 bridgehead atoms. The Morgan fingerprint density at radius 3 is 2.26 bits per heavy atom. The number of nitrogens with zero attached hydrogens (tertiary/aromatic N) is 1. The molecule has 0 aliphatic rings. The van der Waals surface area contributed by atoms with Crippen molar-refractivity contribution in [3.8, 4) is 5.75 Å². The van der Waals surface area contributed by atoms with Crippen LogP contribution in [0.25, 0.3) is 0 Å². The van der Waals surface area contributed by atoms with Gasteiger partial charge in [-0.05, 0) is 24.6 Å². The smallest absolute Gasteiger partial charge is 0.269 e. The van der Waals surface area contributed by atoms with Gasteiger partial charge in [-0.2, -0.15) is 0 Å². The summed E-state index contributed by atoms with van der Waals surface area (Å²) >= 11 is 0. The van der Waals surface area contributed by atoms with E-state index in [0.717, 1.165) is 6.42 Å². The number of rotatable bonds is 5. The van der Waals surface area contributed by atoms with Gasteiger partial charge in [-0.25, -0.2) is 0 Å². The third-order valence-corrected chi connectivity index (χ3v) is 2.83. The second-order valence-corrected chi connectivity index (χ2v) is 4.34. The topological polar surface area (TPSA) is 52.4 Å². The molecule has 19 heavy (non-hydrogen) atoms. The van der Waals surface area contributed by atoms with Gasteiger partial charge in [-0.15, -0.1) is 0 Å². The van der Waals surface area contributed by atoms with E-state index in [0.29, 0.717) is 12.4 Å².